The Hall–Kier alpha value is -2.93. The molecule has 0 radical (unpaired) electrons. The quantitative estimate of drug-likeness (QED) is 0.465. The molecule has 8 nitrogen and oxygen atoms in total. The number of H-pyrrole nitrogens is 1. The van der Waals surface area contributed by atoms with Crippen LogP contribution in [0.2, 0.25) is 0 Å². The van der Waals surface area contributed by atoms with Crippen LogP contribution in [0.4, 0.5) is 10.5 Å². The highest BCUT2D eigenvalue weighted by Gasteiger charge is 2.43. The molecule has 176 valence electrons. The molecule has 0 saturated heterocycles. The third-order valence-electron chi connectivity index (χ3n) is 5.16. The molecule has 0 aliphatic heterocycles. The summed E-state index contributed by atoms with van der Waals surface area (Å²) in [7, 11) is -3.85. The average molecular weight is 471 g/mol. The standard InChI is InChI=1S/C24H31N4O4P/c1-17(2)28(18(3)4)33(31,32-16-20-12-8-6-9-13-20)22-19(5)26-27(23(22)29)24(30)25-21-14-10-7-11-15-21/h6-15,17-18,26H,16H2,1-5H3,(H,25,30). The number of aromatic amines is 1. The van der Waals surface area contributed by atoms with Gasteiger partial charge in [0.2, 0.25) is 0 Å². The van der Waals surface area contributed by atoms with Gasteiger partial charge in [0.05, 0.1) is 6.61 Å². The Balaban J connectivity index is 2.05. The molecule has 1 heterocycles. The summed E-state index contributed by atoms with van der Waals surface area (Å²) in [6.45, 7) is 9.30. The van der Waals surface area contributed by atoms with E-state index < -0.39 is 19.1 Å². The molecule has 1 aromatic heterocycles. The van der Waals surface area contributed by atoms with Gasteiger partial charge in [0.1, 0.15) is 5.30 Å². The Kier molecular flexibility index (Phi) is 7.74. The van der Waals surface area contributed by atoms with Gasteiger partial charge < -0.3 is 9.84 Å². The molecular formula is C24H31N4O4P. The minimum atomic E-state index is -3.85. The number of benzene rings is 2. The number of carbonyl (C=O) groups is 1. The molecule has 0 spiro atoms. The number of anilines is 1. The molecule has 0 aliphatic carbocycles. The summed E-state index contributed by atoms with van der Waals surface area (Å²) in [6.07, 6.45) is 0. The van der Waals surface area contributed by atoms with E-state index in [0.717, 1.165) is 10.2 Å². The van der Waals surface area contributed by atoms with E-state index in [-0.39, 0.29) is 24.0 Å². The molecular weight excluding hydrogens is 439 g/mol. The average Bonchev–Trinajstić information content (AvgIpc) is 3.08. The number of hydrogen-bond donors (Lipinski definition) is 2. The lowest BCUT2D eigenvalue weighted by atomic mass is 10.2. The predicted octanol–water partition coefficient (Wildman–Crippen LogP) is 4.72. The van der Waals surface area contributed by atoms with E-state index in [1.165, 1.54) is 0 Å². The Labute approximate surface area is 194 Å². The fourth-order valence-corrected chi connectivity index (χ4v) is 6.75. The molecule has 0 aliphatic rings. The number of nitrogens with one attached hydrogen (secondary N) is 2. The normalized spacial score (nSPS) is 13.5. The Morgan fingerprint density at radius 2 is 1.58 bits per heavy atom. The number of para-hydroxylation sites is 1. The molecule has 1 unspecified atom stereocenters. The predicted molar refractivity (Wildman–Crippen MR) is 131 cm³/mol. The van der Waals surface area contributed by atoms with Crippen molar-refractivity contribution in [2.24, 2.45) is 0 Å². The highest BCUT2D eigenvalue weighted by molar-refractivity contribution is 7.64. The summed E-state index contributed by atoms with van der Waals surface area (Å²) >= 11 is 0. The van der Waals surface area contributed by atoms with Crippen molar-refractivity contribution >= 4 is 24.5 Å². The van der Waals surface area contributed by atoms with Crippen molar-refractivity contribution in [2.75, 3.05) is 5.32 Å². The first-order valence-corrected chi connectivity index (χ1v) is 12.5. The second kappa shape index (κ2) is 10.3. The van der Waals surface area contributed by atoms with Crippen LogP contribution in [0.15, 0.2) is 65.5 Å². The largest absolute Gasteiger partial charge is 0.348 e. The first-order valence-electron chi connectivity index (χ1n) is 10.9. The van der Waals surface area contributed by atoms with Crippen molar-refractivity contribution in [2.45, 2.75) is 53.3 Å². The SMILES string of the molecule is Cc1[nH]n(C(=O)Nc2ccccc2)c(=O)c1P(=O)(OCc1ccccc1)N(C(C)C)C(C)C. The molecule has 0 bridgehead atoms. The third kappa shape index (κ3) is 5.36. The van der Waals surface area contributed by atoms with Gasteiger partial charge >= 0.3 is 13.6 Å². The van der Waals surface area contributed by atoms with Crippen LogP contribution in [0.25, 0.3) is 0 Å². The van der Waals surface area contributed by atoms with Gasteiger partial charge in [0.15, 0.2) is 0 Å². The molecule has 2 N–H and O–H groups in total. The third-order valence-corrected chi connectivity index (χ3v) is 8.27. The van der Waals surface area contributed by atoms with E-state index in [4.69, 9.17) is 4.52 Å². The topological polar surface area (TPSA) is 96.4 Å². The summed E-state index contributed by atoms with van der Waals surface area (Å²) in [5, 5.41) is 5.43. The molecule has 33 heavy (non-hydrogen) atoms. The van der Waals surface area contributed by atoms with Gasteiger partial charge in [-0.1, -0.05) is 48.5 Å². The van der Waals surface area contributed by atoms with Crippen molar-refractivity contribution in [3.05, 3.63) is 82.3 Å². The number of rotatable bonds is 8. The second-order valence-corrected chi connectivity index (χ2v) is 10.6. The highest BCUT2D eigenvalue weighted by Crippen LogP contribution is 2.52. The Morgan fingerprint density at radius 3 is 2.12 bits per heavy atom. The minimum Gasteiger partial charge on any atom is -0.309 e. The zero-order valence-corrected chi connectivity index (χ0v) is 20.5. The van der Waals surface area contributed by atoms with E-state index in [1.807, 2.05) is 64.1 Å². The van der Waals surface area contributed by atoms with Crippen LogP contribution >= 0.6 is 7.52 Å². The number of aromatic nitrogens is 2. The smallest absolute Gasteiger partial charge is 0.309 e. The molecule has 3 rings (SSSR count). The van der Waals surface area contributed by atoms with Crippen LogP contribution in [-0.4, -0.2) is 32.6 Å². The monoisotopic (exact) mass is 470 g/mol. The van der Waals surface area contributed by atoms with Crippen molar-refractivity contribution < 1.29 is 13.9 Å². The van der Waals surface area contributed by atoms with Crippen molar-refractivity contribution in [3.8, 4) is 0 Å². The van der Waals surface area contributed by atoms with E-state index in [2.05, 4.69) is 10.4 Å². The van der Waals surface area contributed by atoms with Crippen LogP contribution in [0, 0.1) is 6.92 Å². The molecule has 1 amide bonds. The van der Waals surface area contributed by atoms with Crippen LogP contribution in [0.1, 0.15) is 39.0 Å². The Bertz CT molecular complexity index is 1180. The fraction of sp³-hybridized carbons (Fsp3) is 0.333. The van der Waals surface area contributed by atoms with Crippen molar-refractivity contribution in [3.63, 3.8) is 0 Å². The van der Waals surface area contributed by atoms with E-state index >= 15 is 0 Å². The van der Waals surface area contributed by atoms with Gasteiger partial charge in [0, 0.05) is 23.5 Å². The van der Waals surface area contributed by atoms with Crippen molar-refractivity contribution in [1.29, 1.82) is 0 Å². The number of amides is 1. The fourth-order valence-electron chi connectivity index (χ4n) is 3.90. The molecule has 2 aromatic carbocycles. The van der Waals surface area contributed by atoms with Gasteiger partial charge in [-0.15, -0.1) is 0 Å². The van der Waals surface area contributed by atoms with Crippen LogP contribution in [-0.2, 0) is 15.7 Å². The first-order chi connectivity index (χ1) is 15.6. The highest BCUT2D eigenvalue weighted by atomic mass is 31.2. The Morgan fingerprint density at radius 1 is 1.03 bits per heavy atom. The zero-order valence-electron chi connectivity index (χ0n) is 19.6. The maximum absolute atomic E-state index is 14.5. The van der Waals surface area contributed by atoms with Crippen LogP contribution in [0.5, 0.6) is 0 Å². The van der Waals surface area contributed by atoms with Gasteiger partial charge in [-0.25, -0.2) is 9.46 Å². The molecule has 0 fully saturated rings. The molecule has 1 atom stereocenters. The van der Waals surface area contributed by atoms with Gasteiger partial charge in [-0.3, -0.25) is 14.5 Å². The first kappa shape index (κ1) is 24.7. The number of nitrogens with zero attached hydrogens (tertiary/aromatic N) is 2. The number of hydrogen-bond acceptors (Lipinski definition) is 4. The maximum Gasteiger partial charge on any atom is 0.348 e. The van der Waals surface area contributed by atoms with Gasteiger partial charge in [-0.05, 0) is 52.3 Å². The summed E-state index contributed by atoms with van der Waals surface area (Å²) in [6, 6.07) is 17.2. The van der Waals surface area contributed by atoms with Gasteiger partial charge in [0.25, 0.3) is 5.56 Å². The molecule has 0 saturated carbocycles. The summed E-state index contributed by atoms with van der Waals surface area (Å²) in [5.74, 6) is 0. The second-order valence-electron chi connectivity index (χ2n) is 8.37. The number of carbonyl (C=O) groups excluding carboxylic acids is 1. The summed E-state index contributed by atoms with van der Waals surface area (Å²) in [5.41, 5.74) is 1.01. The number of aryl methyl sites for hydroxylation is 1. The van der Waals surface area contributed by atoms with Crippen molar-refractivity contribution in [1.82, 2.24) is 14.5 Å². The molecule has 9 heteroatoms. The van der Waals surface area contributed by atoms with Crippen LogP contribution in [0.3, 0.4) is 0 Å². The summed E-state index contributed by atoms with van der Waals surface area (Å²) < 4.78 is 23.2. The minimum absolute atomic E-state index is 0.0240. The lowest BCUT2D eigenvalue weighted by Crippen LogP contribution is -2.43. The maximum atomic E-state index is 14.5. The van der Waals surface area contributed by atoms with Crippen LogP contribution < -0.4 is 16.2 Å². The summed E-state index contributed by atoms with van der Waals surface area (Å²) in [4.78, 5) is 26.2. The zero-order chi connectivity index (χ0) is 24.2. The van der Waals surface area contributed by atoms with E-state index in [1.54, 1.807) is 35.9 Å². The molecule has 3 aromatic rings. The van der Waals surface area contributed by atoms with Gasteiger partial charge in [-0.2, -0.15) is 4.68 Å². The lowest BCUT2D eigenvalue weighted by Gasteiger charge is -2.36. The lowest BCUT2D eigenvalue weighted by molar-refractivity contribution is 0.217. The van der Waals surface area contributed by atoms with E-state index in [0.29, 0.717) is 11.4 Å². The van der Waals surface area contributed by atoms with E-state index in [9.17, 15) is 14.2 Å².